The fraction of sp³-hybridized carbons (Fsp3) is 0.600. The minimum atomic E-state index is -4.69. The van der Waals surface area contributed by atoms with E-state index in [0.717, 1.165) is 38.3 Å². The summed E-state index contributed by atoms with van der Waals surface area (Å²) < 4.78 is 66.0. The molecule has 1 unspecified atom stereocenters. The van der Waals surface area contributed by atoms with Crippen LogP contribution in [0.2, 0.25) is 0 Å². The zero-order valence-corrected chi connectivity index (χ0v) is 13.9. The zero-order chi connectivity index (χ0) is 17.4. The van der Waals surface area contributed by atoms with Crippen LogP contribution in [0.4, 0.5) is 13.2 Å². The Balaban J connectivity index is 1.82. The molecule has 2 aliphatic rings. The van der Waals surface area contributed by atoms with Crippen LogP contribution in [-0.2, 0) is 16.2 Å². The average Bonchev–Trinajstić information content (AvgIpc) is 3.06. The molecule has 2 saturated heterocycles. The van der Waals surface area contributed by atoms with Crippen LogP contribution in [0.1, 0.15) is 12.0 Å². The lowest BCUT2D eigenvalue weighted by Crippen LogP contribution is -2.49. The Bertz CT molecular complexity index is 687. The van der Waals surface area contributed by atoms with Crippen LogP contribution in [0.25, 0.3) is 0 Å². The molecule has 0 saturated carbocycles. The first-order valence-electron chi connectivity index (χ1n) is 7.91. The summed E-state index contributed by atoms with van der Waals surface area (Å²) >= 11 is 0. The van der Waals surface area contributed by atoms with Gasteiger partial charge in [0.25, 0.3) is 0 Å². The smallest absolute Gasteiger partial charge is 0.314 e. The average molecular weight is 363 g/mol. The Kier molecular flexibility index (Phi) is 4.87. The normalized spacial score (nSPS) is 24.4. The largest absolute Gasteiger partial charge is 0.417 e. The van der Waals surface area contributed by atoms with Crippen LogP contribution in [0, 0.1) is 0 Å². The minimum absolute atomic E-state index is 0.0694. The van der Waals surface area contributed by atoms with Gasteiger partial charge in [-0.1, -0.05) is 12.1 Å². The molecule has 24 heavy (non-hydrogen) atoms. The number of rotatable bonds is 3. The highest BCUT2D eigenvalue weighted by atomic mass is 32.2. The van der Waals surface area contributed by atoms with Gasteiger partial charge < -0.3 is 5.32 Å². The third-order valence-electron chi connectivity index (χ3n) is 4.60. The minimum Gasteiger partial charge on any atom is -0.314 e. The van der Waals surface area contributed by atoms with E-state index in [-0.39, 0.29) is 19.1 Å². The van der Waals surface area contributed by atoms with Crippen molar-refractivity contribution in [2.75, 3.05) is 39.3 Å². The van der Waals surface area contributed by atoms with E-state index in [1.54, 1.807) is 0 Å². The molecule has 1 aromatic rings. The number of hydrogen-bond acceptors (Lipinski definition) is 4. The summed E-state index contributed by atoms with van der Waals surface area (Å²) in [6.07, 6.45) is -4.05. The molecule has 0 aromatic heterocycles. The lowest BCUT2D eigenvalue weighted by Gasteiger charge is -2.32. The Labute approximate surface area is 139 Å². The van der Waals surface area contributed by atoms with Gasteiger partial charge in [-0.15, -0.1) is 0 Å². The number of nitrogens with one attached hydrogen (secondary N) is 1. The summed E-state index contributed by atoms with van der Waals surface area (Å²) in [7, 11) is -4.15. The van der Waals surface area contributed by atoms with E-state index in [9.17, 15) is 21.6 Å². The number of hydrogen-bond donors (Lipinski definition) is 1. The third-order valence-corrected chi connectivity index (χ3v) is 6.53. The van der Waals surface area contributed by atoms with Crippen molar-refractivity contribution < 1.29 is 21.6 Å². The van der Waals surface area contributed by atoms with Crippen molar-refractivity contribution in [3.63, 3.8) is 0 Å². The van der Waals surface area contributed by atoms with E-state index < -0.39 is 26.7 Å². The molecule has 1 atom stereocenters. The Morgan fingerprint density at radius 1 is 1.08 bits per heavy atom. The van der Waals surface area contributed by atoms with Gasteiger partial charge in [0.05, 0.1) is 10.5 Å². The second kappa shape index (κ2) is 6.62. The molecule has 2 heterocycles. The van der Waals surface area contributed by atoms with E-state index in [0.29, 0.717) is 6.42 Å². The Morgan fingerprint density at radius 2 is 1.75 bits per heavy atom. The molecule has 134 valence electrons. The monoisotopic (exact) mass is 363 g/mol. The summed E-state index contributed by atoms with van der Waals surface area (Å²) in [5, 5.41) is 3.23. The maximum absolute atomic E-state index is 13.1. The molecule has 1 aromatic carbocycles. The van der Waals surface area contributed by atoms with Crippen molar-refractivity contribution in [2.45, 2.75) is 23.5 Å². The van der Waals surface area contributed by atoms with Gasteiger partial charge in [-0.25, -0.2) is 8.42 Å². The van der Waals surface area contributed by atoms with E-state index in [1.807, 2.05) is 0 Å². The van der Waals surface area contributed by atoms with Crippen molar-refractivity contribution in [3.8, 4) is 0 Å². The van der Waals surface area contributed by atoms with Gasteiger partial charge in [-0.3, -0.25) is 4.90 Å². The number of halogens is 3. The quantitative estimate of drug-likeness (QED) is 0.882. The number of nitrogens with zero attached hydrogens (tertiary/aromatic N) is 2. The first-order chi connectivity index (χ1) is 11.3. The predicted octanol–water partition coefficient (Wildman–Crippen LogP) is 1.37. The van der Waals surface area contributed by atoms with Gasteiger partial charge in [0.1, 0.15) is 0 Å². The fourth-order valence-corrected chi connectivity index (χ4v) is 5.04. The molecule has 9 heteroatoms. The highest BCUT2D eigenvalue weighted by Gasteiger charge is 2.41. The predicted molar refractivity (Wildman–Crippen MR) is 83.1 cm³/mol. The lowest BCUT2D eigenvalue weighted by atomic mass is 10.2. The third kappa shape index (κ3) is 3.44. The van der Waals surface area contributed by atoms with Crippen molar-refractivity contribution in [3.05, 3.63) is 29.8 Å². The summed E-state index contributed by atoms with van der Waals surface area (Å²) in [6, 6.07) is 4.45. The SMILES string of the molecule is O=S(=O)(c1ccccc1C(F)(F)F)N1CCC(N2CCNCC2)C1. The molecular weight excluding hydrogens is 343 g/mol. The maximum atomic E-state index is 13.1. The summed E-state index contributed by atoms with van der Waals surface area (Å²) in [5.41, 5.74) is -1.10. The van der Waals surface area contributed by atoms with Gasteiger partial charge in [0.2, 0.25) is 10.0 Å². The lowest BCUT2D eigenvalue weighted by molar-refractivity contribution is -0.139. The molecule has 2 aliphatic heterocycles. The molecule has 1 N–H and O–H groups in total. The van der Waals surface area contributed by atoms with Gasteiger partial charge in [0.15, 0.2) is 0 Å². The van der Waals surface area contributed by atoms with E-state index in [2.05, 4.69) is 10.2 Å². The van der Waals surface area contributed by atoms with E-state index in [4.69, 9.17) is 0 Å². The standard InChI is InChI=1S/C15H20F3N3O2S/c16-15(17,18)13-3-1-2-4-14(13)24(22,23)21-8-5-12(11-21)20-9-6-19-7-10-20/h1-4,12,19H,5-11H2. The van der Waals surface area contributed by atoms with Gasteiger partial charge in [0, 0.05) is 45.3 Å². The molecule has 0 radical (unpaired) electrons. The molecule has 0 bridgehead atoms. The van der Waals surface area contributed by atoms with Gasteiger partial charge in [-0.2, -0.15) is 17.5 Å². The topological polar surface area (TPSA) is 52.7 Å². The molecule has 0 aliphatic carbocycles. The fourth-order valence-electron chi connectivity index (χ4n) is 3.34. The second-order valence-electron chi connectivity index (χ2n) is 6.09. The zero-order valence-electron chi connectivity index (χ0n) is 13.1. The van der Waals surface area contributed by atoms with Crippen LogP contribution < -0.4 is 5.32 Å². The molecule has 0 spiro atoms. The van der Waals surface area contributed by atoms with Crippen LogP contribution in [0.3, 0.4) is 0 Å². The van der Waals surface area contributed by atoms with Crippen molar-refractivity contribution >= 4 is 10.0 Å². The van der Waals surface area contributed by atoms with Crippen LogP contribution in [0.5, 0.6) is 0 Å². The molecule has 0 amide bonds. The second-order valence-corrected chi connectivity index (χ2v) is 7.99. The summed E-state index contributed by atoms with van der Waals surface area (Å²) in [6.45, 7) is 3.85. The van der Waals surface area contributed by atoms with E-state index >= 15 is 0 Å². The van der Waals surface area contributed by atoms with Crippen molar-refractivity contribution in [1.29, 1.82) is 0 Å². The van der Waals surface area contributed by atoms with Gasteiger partial charge in [-0.05, 0) is 18.6 Å². The highest BCUT2D eigenvalue weighted by molar-refractivity contribution is 7.89. The molecule has 2 fully saturated rings. The summed E-state index contributed by atoms with van der Waals surface area (Å²) in [4.78, 5) is 1.56. The van der Waals surface area contributed by atoms with Crippen LogP contribution in [0.15, 0.2) is 29.2 Å². The number of piperazine rings is 1. The summed E-state index contributed by atoms with van der Waals surface area (Å²) in [5.74, 6) is 0. The molecule has 5 nitrogen and oxygen atoms in total. The number of sulfonamides is 1. The first-order valence-corrected chi connectivity index (χ1v) is 9.35. The molecule has 3 rings (SSSR count). The Morgan fingerprint density at radius 3 is 2.42 bits per heavy atom. The number of alkyl halides is 3. The highest BCUT2D eigenvalue weighted by Crippen LogP contribution is 2.36. The van der Waals surface area contributed by atoms with Crippen molar-refractivity contribution in [1.82, 2.24) is 14.5 Å². The van der Waals surface area contributed by atoms with Crippen molar-refractivity contribution in [2.24, 2.45) is 0 Å². The van der Waals surface area contributed by atoms with Gasteiger partial charge >= 0.3 is 6.18 Å². The van der Waals surface area contributed by atoms with Crippen LogP contribution >= 0.6 is 0 Å². The first kappa shape index (κ1) is 17.7. The van der Waals surface area contributed by atoms with Crippen LogP contribution in [-0.4, -0.2) is 62.9 Å². The Hall–Kier alpha value is -1.16. The maximum Gasteiger partial charge on any atom is 0.417 e. The molecular formula is C15H20F3N3O2S. The number of benzene rings is 1. The van der Waals surface area contributed by atoms with E-state index in [1.165, 1.54) is 16.4 Å².